The highest BCUT2D eigenvalue weighted by Crippen LogP contribution is 2.28. The van der Waals surface area contributed by atoms with E-state index in [1.54, 1.807) is 48.9 Å². The molecule has 0 unspecified atom stereocenters. The predicted octanol–water partition coefficient (Wildman–Crippen LogP) is 5.10. The number of anilines is 1. The summed E-state index contributed by atoms with van der Waals surface area (Å²) < 4.78 is 12.9. The van der Waals surface area contributed by atoms with E-state index in [2.05, 4.69) is 10.3 Å². The highest BCUT2D eigenvalue weighted by molar-refractivity contribution is 6.06. The number of nitrogens with one attached hydrogen (secondary N) is 1. The molecule has 35 heavy (non-hydrogen) atoms. The largest absolute Gasteiger partial charge is 0.493 e. The predicted molar refractivity (Wildman–Crippen MR) is 135 cm³/mol. The van der Waals surface area contributed by atoms with E-state index in [-0.39, 0.29) is 18.3 Å². The van der Waals surface area contributed by atoms with Crippen LogP contribution in [0.5, 0.6) is 11.5 Å². The molecular formula is C28H25N3O4. The second-order valence-corrected chi connectivity index (χ2v) is 7.83. The molecule has 1 heterocycles. The van der Waals surface area contributed by atoms with Crippen molar-refractivity contribution in [3.05, 3.63) is 108 Å². The maximum absolute atomic E-state index is 12.6. The highest BCUT2D eigenvalue weighted by atomic mass is 16.5. The molecule has 4 aromatic rings. The van der Waals surface area contributed by atoms with Gasteiger partial charge in [0.25, 0.3) is 5.91 Å². The maximum Gasteiger partial charge on any atom is 0.262 e. The topological polar surface area (TPSA) is 82.5 Å². The van der Waals surface area contributed by atoms with E-state index >= 15 is 0 Å². The van der Waals surface area contributed by atoms with Crippen molar-refractivity contribution in [3.63, 3.8) is 0 Å². The number of allylic oxidation sites excluding steroid dienone is 1. The molecule has 0 saturated carbocycles. The summed E-state index contributed by atoms with van der Waals surface area (Å²) in [6, 6.07) is 20.1. The fourth-order valence-electron chi connectivity index (χ4n) is 3.36. The van der Waals surface area contributed by atoms with Gasteiger partial charge in [-0.2, -0.15) is 0 Å². The van der Waals surface area contributed by atoms with E-state index in [1.807, 2.05) is 54.1 Å². The van der Waals surface area contributed by atoms with Crippen molar-refractivity contribution in [2.75, 3.05) is 19.0 Å². The molecule has 0 aliphatic heterocycles. The van der Waals surface area contributed by atoms with Gasteiger partial charge in [0, 0.05) is 29.3 Å². The number of ketones is 1. The lowest BCUT2D eigenvalue weighted by molar-refractivity contribution is -0.118. The number of hydrogen-bond donors (Lipinski definition) is 1. The zero-order valence-electron chi connectivity index (χ0n) is 19.5. The Balaban J connectivity index is 1.36. The first-order valence-electron chi connectivity index (χ1n) is 11.0. The number of amides is 1. The van der Waals surface area contributed by atoms with Crippen molar-refractivity contribution in [1.82, 2.24) is 9.55 Å². The number of hydrogen-bond acceptors (Lipinski definition) is 5. The zero-order valence-corrected chi connectivity index (χ0v) is 19.5. The molecule has 7 heteroatoms. The standard InChI is InChI=1S/C28H25N3O4/c1-20-3-9-23(10-4-20)30-28(33)18-35-26-14-6-21(17-27(26)34-2)5-13-25(32)22-7-11-24(12-8-22)31-16-15-29-19-31/h3-17,19H,18H2,1-2H3,(H,30,33)/b13-5+. The number of imidazole rings is 1. The SMILES string of the molecule is COc1cc(/C=C/C(=O)c2ccc(-n3ccnc3)cc2)ccc1OCC(=O)Nc1ccc(C)cc1. The van der Waals surface area contributed by atoms with E-state index < -0.39 is 0 Å². The molecule has 0 atom stereocenters. The lowest BCUT2D eigenvalue weighted by Crippen LogP contribution is -2.20. The van der Waals surface area contributed by atoms with Crippen molar-refractivity contribution < 1.29 is 19.1 Å². The van der Waals surface area contributed by atoms with Gasteiger partial charge in [0.05, 0.1) is 13.4 Å². The summed E-state index contributed by atoms with van der Waals surface area (Å²) in [5, 5.41) is 2.79. The molecule has 176 valence electrons. The van der Waals surface area contributed by atoms with Crippen LogP contribution < -0.4 is 14.8 Å². The van der Waals surface area contributed by atoms with Gasteiger partial charge < -0.3 is 19.4 Å². The molecule has 0 fully saturated rings. The Labute approximate surface area is 203 Å². The fraction of sp³-hybridized carbons (Fsp3) is 0.107. The Morgan fingerprint density at radius 2 is 1.77 bits per heavy atom. The van der Waals surface area contributed by atoms with E-state index in [1.165, 1.54) is 13.2 Å². The minimum Gasteiger partial charge on any atom is -0.493 e. The van der Waals surface area contributed by atoms with Gasteiger partial charge in [-0.1, -0.05) is 29.8 Å². The summed E-state index contributed by atoms with van der Waals surface area (Å²) in [4.78, 5) is 28.8. The molecule has 0 spiro atoms. The number of carbonyl (C=O) groups excluding carboxylic acids is 2. The van der Waals surface area contributed by atoms with E-state index in [0.29, 0.717) is 22.7 Å². The molecule has 0 radical (unpaired) electrons. The van der Waals surface area contributed by atoms with Crippen LogP contribution in [-0.4, -0.2) is 35.0 Å². The van der Waals surface area contributed by atoms with Crippen molar-refractivity contribution >= 4 is 23.5 Å². The molecule has 0 aliphatic carbocycles. The van der Waals surface area contributed by atoms with Crippen molar-refractivity contribution in [1.29, 1.82) is 0 Å². The fourth-order valence-corrected chi connectivity index (χ4v) is 3.36. The average molecular weight is 468 g/mol. The summed E-state index contributed by atoms with van der Waals surface area (Å²) in [5.41, 5.74) is 4.09. The Morgan fingerprint density at radius 1 is 1.00 bits per heavy atom. The number of aromatic nitrogens is 2. The molecule has 3 aromatic carbocycles. The van der Waals surface area contributed by atoms with Gasteiger partial charge in [-0.05, 0) is 67.1 Å². The maximum atomic E-state index is 12.6. The van der Waals surface area contributed by atoms with Gasteiger partial charge >= 0.3 is 0 Å². The number of methoxy groups -OCH3 is 1. The Morgan fingerprint density at radius 3 is 2.46 bits per heavy atom. The van der Waals surface area contributed by atoms with Crippen LogP contribution in [-0.2, 0) is 4.79 Å². The molecular weight excluding hydrogens is 442 g/mol. The Kier molecular flexibility index (Phi) is 7.37. The minimum absolute atomic E-state index is 0.116. The van der Waals surface area contributed by atoms with Crippen molar-refractivity contribution in [2.24, 2.45) is 0 Å². The Bertz CT molecular complexity index is 1330. The van der Waals surface area contributed by atoms with Crippen LogP contribution in [0.15, 0.2) is 91.5 Å². The van der Waals surface area contributed by atoms with Crippen molar-refractivity contribution in [2.45, 2.75) is 6.92 Å². The molecule has 1 N–H and O–H groups in total. The van der Waals surface area contributed by atoms with Gasteiger partial charge in [-0.3, -0.25) is 9.59 Å². The first-order valence-corrected chi connectivity index (χ1v) is 11.0. The second-order valence-electron chi connectivity index (χ2n) is 7.83. The highest BCUT2D eigenvalue weighted by Gasteiger charge is 2.09. The molecule has 0 saturated heterocycles. The van der Waals surface area contributed by atoms with Gasteiger partial charge in [0.1, 0.15) is 0 Å². The normalized spacial score (nSPS) is 10.8. The van der Waals surface area contributed by atoms with Crippen LogP contribution in [0.4, 0.5) is 5.69 Å². The number of benzene rings is 3. The van der Waals surface area contributed by atoms with Gasteiger partial charge in [-0.25, -0.2) is 4.98 Å². The average Bonchev–Trinajstić information content (AvgIpc) is 3.43. The molecule has 0 aliphatic rings. The second kappa shape index (κ2) is 11.0. The lowest BCUT2D eigenvalue weighted by Gasteiger charge is -2.11. The summed E-state index contributed by atoms with van der Waals surface area (Å²) in [6.07, 6.45) is 8.47. The van der Waals surface area contributed by atoms with Gasteiger partial charge in [0.2, 0.25) is 0 Å². The number of nitrogens with zero attached hydrogens (tertiary/aromatic N) is 2. The van der Waals surface area contributed by atoms with Crippen molar-refractivity contribution in [3.8, 4) is 17.2 Å². The third-order valence-corrected chi connectivity index (χ3v) is 5.26. The Hall–Kier alpha value is -4.65. The summed E-state index contributed by atoms with van der Waals surface area (Å²) in [6.45, 7) is 1.82. The molecule has 4 rings (SSSR count). The first-order chi connectivity index (χ1) is 17.0. The van der Waals surface area contributed by atoms with Crippen LogP contribution in [0.3, 0.4) is 0 Å². The van der Waals surface area contributed by atoms with Crippen LogP contribution in [0, 0.1) is 6.92 Å². The molecule has 1 aromatic heterocycles. The van der Waals surface area contributed by atoms with Crippen LogP contribution in [0.2, 0.25) is 0 Å². The smallest absolute Gasteiger partial charge is 0.262 e. The lowest BCUT2D eigenvalue weighted by atomic mass is 10.1. The van der Waals surface area contributed by atoms with Gasteiger partial charge in [0.15, 0.2) is 23.9 Å². The third kappa shape index (κ3) is 6.23. The summed E-state index contributed by atoms with van der Waals surface area (Å²) >= 11 is 0. The quantitative estimate of drug-likeness (QED) is 0.273. The van der Waals surface area contributed by atoms with E-state index in [9.17, 15) is 9.59 Å². The number of ether oxygens (including phenoxy) is 2. The van der Waals surface area contributed by atoms with E-state index in [4.69, 9.17) is 9.47 Å². The number of aryl methyl sites for hydroxylation is 1. The summed E-state index contributed by atoms with van der Waals surface area (Å²) in [7, 11) is 1.52. The molecule has 0 bridgehead atoms. The monoisotopic (exact) mass is 467 g/mol. The molecule has 1 amide bonds. The van der Waals surface area contributed by atoms with E-state index in [0.717, 1.165) is 16.8 Å². The summed E-state index contributed by atoms with van der Waals surface area (Å²) in [5.74, 6) is 0.510. The zero-order chi connectivity index (χ0) is 24.6. The number of carbonyl (C=O) groups is 2. The van der Waals surface area contributed by atoms with Crippen LogP contribution >= 0.6 is 0 Å². The minimum atomic E-state index is -0.274. The van der Waals surface area contributed by atoms with Crippen LogP contribution in [0.25, 0.3) is 11.8 Å². The number of rotatable bonds is 9. The third-order valence-electron chi connectivity index (χ3n) is 5.26. The van der Waals surface area contributed by atoms with Crippen LogP contribution in [0.1, 0.15) is 21.5 Å². The van der Waals surface area contributed by atoms with Gasteiger partial charge in [-0.15, -0.1) is 0 Å². The first kappa shape index (κ1) is 23.5. The molecule has 7 nitrogen and oxygen atoms in total.